The molecule has 2 rings (SSSR count). The number of nitrogens with zero attached hydrogens (tertiary/aromatic N) is 2. The highest BCUT2D eigenvalue weighted by atomic mass is 32.2. The molecule has 1 aromatic heterocycles. The first kappa shape index (κ1) is 11.2. The summed E-state index contributed by atoms with van der Waals surface area (Å²) in [5, 5.41) is 7.14. The highest BCUT2D eigenvalue weighted by molar-refractivity contribution is 8.00. The number of H-pyrrole nitrogens is 1. The molecule has 0 bridgehead atoms. The Morgan fingerprint density at radius 2 is 2.33 bits per heavy atom. The van der Waals surface area contributed by atoms with Crippen molar-refractivity contribution in [2.45, 2.75) is 43.9 Å². The van der Waals surface area contributed by atoms with E-state index in [1.165, 1.54) is 19.3 Å². The average molecular weight is 243 g/mol. The topological polar surface area (TPSA) is 33.6 Å². The van der Waals surface area contributed by atoms with E-state index in [0.717, 1.165) is 23.6 Å². The van der Waals surface area contributed by atoms with E-state index >= 15 is 0 Å². The molecule has 0 spiro atoms. The number of nitrogens with one attached hydrogen (secondary N) is 1. The minimum absolute atomic E-state index is 0.423. The van der Waals surface area contributed by atoms with Gasteiger partial charge in [0.1, 0.15) is 5.82 Å². The lowest BCUT2D eigenvalue weighted by Gasteiger charge is -2.40. The Hall–Kier alpha value is -0.290. The summed E-state index contributed by atoms with van der Waals surface area (Å²) < 4.78 is 3.36. The molecule has 1 aliphatic rings. The molecule has 15 heavy (non-hydrogen) atoms. The third-order valence-corrected chi connectivity index (χ3v) is 5.01. The Kier molecular flexibility index (Phi) is 3.21. The van der Waals surface area contributed by atoms with Gasteiger partial charge in [-0.15, -0.1) is 0 Å². The minimum atomic E-state index is 0.423. The fourth-order valence-corrected chi connectivity index (χ4v) is 3.24. The molecule has 1 aromatic rings. The molecule has 1 heterocycles. The molecule has 0 radical (unpaired) electrons. The van der Waals surface area contributed by atoms with E-state index in [0.29, 0.717) is 4.75 Å². The van der Waals surface area contributed by atoms with E-state index in [1.54, 1.807) is 0 Å². The maximum absolute atomic E-state index is 5.26. The van der Waals surface area contributed by atoms with Gasteiger partial charge in [-0.2, -0.15) is 16.9 Å². The summed E-state index contributed by atoms with van der Waals surface area (Å²) >= 11 is 7.24. The summed E-state index contributed by atoms with van der Waals surface area (Å²) in [6, 6.07) is 0. The van der Waals surface area contributed by atoms with E-state index in [-0.39, 0.29) is 0 Å². The van der Waals surface area contributed by atoms with Crippen LogP contribution in [0.3, 0.4) is 0 Å². The molecular weight excluding hydrogens is 226 g/mol. The van der Waals surface area contributed by atoms with Gasteiger partial charge in [0.05, 0.1) is 0 Å². The van der Waals surface area contributed by atoms with Crippen LogP contribution >= 0.6 is 24.0 Å². The molecule has 5 heteroatoms. The van der Waals surface area contributed by atoms with Crippen LogP contribution in [0.4, 0.5) is 0 Å². The monoisotopic (exact) mass is 243 g/mol. The molecule has 1 fully saturated rings. The van der Waals surface area contributed by atoms with Gasteiger partial charge in [-0.1, -0.05) is 13.3 Å². The van der Waals surface area contributed by atoms with Crippen LogP contribution in [0.15, 0.2) is 0 Å². The van der Waals surface area contributed by atoms with Gasteiger partial charge in [-0.25, -0.2) is 0 Å². The third-order valence-electron chi connectivity index (χ3n) is 3.30. The second-order valence-corrected chi connectivity index (χ2v) is 5.79. The lowest BCUT2D eigenvalue weighted by Crippen LogP contribution is -2.38. The van der Waals surface area contributed by atoms with E-state index in [4.69, 9.17) is 12.2 Å². The summed E-state index contributed by atoms with van der Waals surface area (Å²) in [6.07, 6.45) is 7.12. The van der Waals surface area contributed by atoms with Crippen molar-refractivity contribution in [2.75, 3.05) is 6.26 Å². The first-order valence-electron chi connectivity index (χ1n) is 5.40. The Labute approximate surface area is 99.7 Å². The quantitative estimate of drug-likeness (QED) is 0.826. The van der Waals surface area contributed by atoms with Crippen LogP contribution in [0.5, 0.6) is 0 Å². The van der Waals surface area contributed by atoms with Crippen LogP contribution in [0.2, 0.25) is 0 Å². The van der Waals surface area contributed by atoms with Crippen molar-refractivity contribution in [3.8, 4) is 0 Å². The van der Waals surface area contributed by atoms with Gasteiger partial charge < -0.3 is 4.57 Å². The predicted octanol–water partition coefficient (Wildman–Crippen LogP) is 2.79. The van der Waals surface area contributed by atoms with Crippen molar-refractivity contribution in [3.05, 3.63) is 10.6 Å². The van der Waals surface area contributed by atoms with Crippen LogP contribution in [0.1, 0.15) is 32.0 Å². The highest BCUT2D eigenvalue weighted by Gasteiger charge is 2.37. The van der Waals surface area contributed by atoms with Crippen LogP contribution in [-0.4, -0.2) is 25.8 Å². The van der Waals surface area contributed by atoms with Gasteiger partial charge in [0.25, 0.3) is 0 Å². The van der Waals surface area contributed by atoms with E-state index in [2.05, 4.69) is 27.9 Å². The van der Waals surface area contributed by atoms with Gasteiger partial charge in [0.15, 0.2) is 4.77 Å². The maximum atomic E-state index is 5.26. The van der Waals surface area contributed by atoms with Crippen LogP contribution < -0.4 is 0 Å². The van der Waals surface area contributed by atoms with Crippen molar-refractivity contribution in [1.29, 1.82) is 0 Å². The predicted molar refractivity (Wildman–Crippen MR) is 66.9 cm³/mol. The molecule has 0 atom stereocenters. The lowest BCUT2D eigenvalue weighted by molar-refractivity contribution is 0.317. The SMILES string of the molecule is CCc1n[nH]c(=S)n1CC1(SC)CCC1. The Balaban J connectivity index is 2.22. The molecule has 3 nitrogen and oxygen atoms in total. The summed E-state index contributed by atoms with van der Waals surface area (Å²) in [5.74, 6) is 1.08. The number of aryl methyl sites for hydroxylation is 1. The molecule has 1 aliphatic carbocycles. The van der Waals surface area contributed by atoms with Gasteiger partial charge >= 0.3 is 0 Å². The molecule has 0 aliphatic heterocycles. The zero-order valence-electron chi connectivity index (χ0n) is 9.25. The molecule has 84 valence electrons. The number of hydrogen-bond acceptors (Lipinski definition) is 3. The molecule has 0 aromatic carbocycles. The van der Waals surface area contributed by atoms with E-state index in [9.17, 15) is 0 Å². The Bertz CT molecular complexity index is 384. The molecule has 0 saturated heterocycles. The smallest absolute Gasteiger partial charge is 0.195 e. The Morgan fingerprint density at radius 3 is 2.80 bits per heavy atom. The van der Waals surface area contributed by atoms with Crippen molar-refractivity contribution < 1.29 is 0 Å². The standard InChI is InChI=1S/C10H17N3S2/c1-3-8-11-12-9(14)13(8)7-10(15-2)5-4-6-10/h3-7H2,1-2H3,(H,12,14). The largest absolute Gasteiger partial charge is 0.303 e. The zero-order valence-corrected chi connectivity index (χ0v) is 10.9. The summed E-state index contributed by atoms with van der Waals surface area (Å²) in [5.41, 5.74) is 0. The first-order chi connectivity index (χ1) is 7.21. The fourth-order valence-electron chi connectivity index (χ4n) is 2.07. The summed E-state index contributed by atoms with van der Waals surface area (Å²) in [6.45, 7) is 3.14. The average Bonchev–Trinajstić information content (AvgIpc) is 2.53. The number of rotatable bonds is 4. The molecule has 0 amide bonds. The second-order valence-electron chi connectivity index (χ2n) is 4.13. The van der Waals surface area contributed by atoms with Gasteiger partial charge in [0, 0.05) is 17.7 Å². The second kappa shape index (κ2) is 4.29. The number of hydrogen-bond donors (Lipinski definition) is 1. The van der Waals surface area contributed by atoms with Crippen molar-refractivity contribution >= 4 is 24.0 Å². The number of thioether (sulfide) groups is 1. The number of aromatic amines is 1. The van der Waals surface area contributed by atoms with Crippen molar-refractivity contribution in [2.24, 2.45) is 0 Å². The van der Waals surface area contributed by atoms with Crippen LogP contribution in [0, 0.1) is 4.77 Å². The number of aromatic nitrogens is 3. The van der Waals surface area contributed by atoms with Gasteiger partial charge in [-0.05, 0) is 31.3 Å². The van der Waals surface area contributed by atoms with Gasteiger partial charge in [0.2, 0.25) is 0 Å². The fraction of sp³-hybridized carbons (Fsp3) is 0.800. The maximum Gasteiger partial charge on any atom is 0.195 e. The Morgan fingerprint density at radius 1 is 1.60 bits per heavy atom. The van der Waals surface area contributed by atoms with Crippen LogP contribution in [0.25, 0.3) is 0 Å². The van der Waals surface area contributed by atoms with Crippen molar-refractivity contribution in [3.63, 3.8) is 0 Å². The third kappa shape index (κ3) is 1.99. The van der Waals surface area contributed by atoms with Crippen molar-refractivity contribution in [1.82, 2.24) is 14.8 Å². The first-order valence-corrected chi connectivity index (χ1v) is 7.03. The van der Waals surface area contributed by atoms with E-state index in [1.807, 2.05) is 11.8 Å². The minimum Gasteiger partial charge on any atom is -0.303 e. The highest BCUT2D eigenvalue weighted by Crippen LogP contribution is 2.44. The van der Waals surface area contributed by atoms with Crippen LogP contribution in [-0.2, 0) is 13.0 Å². The van der Waals surface area contributed by atoms with Gasteiger partial charge in [-0.3, -0.25) is 5.10 Å². The zero-order chi connectivity index (χ0) is 10.9. The normalized spacial score (nSPS) is 18.8. The lowest BCUT2D eigenvalue weighted by atomic mass is 9.84. The molecular formula is C10H17N3S2. The molecule has 1 saturated carbocycles. The molecule has 0 unspecified atom stereocenters. The summed E-state index contributed by atoms with van der Waals surface area (Å²) in [4.78, 5) is 0. The summed E-state index contributed by atoms with van der Waals surface area (Å²) in [7, 11) is 0. The van der Waals surface area contributed by atoms with E-state index < -0.39 is 0 Å². The molecule has 1 N–H and O–H groups in total.